The van der Waals surface area contributed by atoms with Crippen LogP contribution in [0.5, 0.6) is 0 Å². The third-order valence-corrected chi connectivity index (χ3v) is 3.91. The van der Waals surface area contributed by atoms with Crippen molar-refractivity contribution in [3.05, 3.63) is 55.0 Å². The molecule has 2 aromatic heterocycles. The monoisotopic (exact) mass is 510 g/mol. The Morgan fingerprint density at radius 2 is 1.43 bits per heavy atom. The van der Waals surface area contributed by atoms with Crippen LogP contribution in [0, 0.1) is 17.8 Å². The largest absolute Gasteiger partial charge is 3.00 e. The number of nitrogens with zero attached hydrogens (tertiary/aromatic N) is 2. The van der Waals surface area contributed by atoms with Crippen molar-refractivity contribution >= 4 is 21.1 Å². The molecule has 1 radical (unpaired) electrons. The van der Waals surface area contributed by atoms with Crippen molar-refractivity contribution in [3.8, 4) is 11.6 Å². The third kappa shape index (κ3) is 12.3. The van der Waals surface area contributed by atoms with Crippen LogP contribution in [-0.4, -0.2) is 41.1 Å². The Balaban J connectivity index is -0.000000347. The van der Waals surface area contributed by atoms with Gasteiger partial charge in [0.2, 0.25) is 0 Å². The van der Waals surface area contributed by atoms with Gasteiger partial charge in [-0.25, -0.2) is 9.97 Å². The zero-order valence-electron chi connectivity index (χ0n) is 16.1. The molecule has 0 aliphatic heterocycles. The Hall–Kier alpha value is -2.29. The minimum absolute atomic E-state index is 0. The fourth-order valence-electron chi connectivity index (χ4n) is 2.81. The van der Waals surface area contributed by atoms with Crippen molar-refractivity contribution in [1.82, 2.24) is 19.9 Å². The van der Waals surface area contributed by atoms with Crippen molar-refractivity contribution in [2.45, 2.75) is 19.8 Å². The Bertz CT molecular complexity index is 639. The zero-order chi connectivity index (χ0) is 21.4. The molecule has 0 aromatic carbocycles. The standard InChI is InChI=1S/C10H13.C6H6N4.2CHO.BF3.FH.Mo/c1-8-6-7-9-4-2-3-5-10(8)9;1-2-8-5(7-1)6-9-3-4-10-6;2*1-2;2-1(3)4;;/h2-5,9-10H,6-7H2,1H3;1-4H,(H,7,8)(H,9,10);2*1H;;1H;/q-1;;2*-1;;;+3/p-1. The van der Waals surface area contributed by atoms with E-state index in [4.69, 9.17) is 9.59 Å². The van der Waals surface area contributed by atoms with Crippen molar-refractivity contribution in [2.75, 3.05) is 0 Å². The Morgan fingerprint density at radius 1 is 1.00 bits per heavy atom. The zero-order valence-corrected chi connectivity index (χ0v) is 18.1. The van der Waals surface area contributed by atoms with E-state index in [9.17, 15) is 12.9 Å². The van der Waals surface area contributed by atoms with E-state index in [2.05, 4.69) is 64.7 Å². The SMILES string of the molecule is C[C-]1CCC2C=CC=CC12.FB(F)F.[CH-]=O.[CH-]=O.[F-].[Mo+3].c1c[nH]c(-c2ncc[nH]2)n1. The molecule has 0 spiro atoms. The average Bonchev–Trinajstić information content (AvgIpc) is 3.48. The molecule has 30 heavy (non-hydrogen) atoms. The van der Waals surface area contributed by atoms with Gasteiger partial charge < -0.3 is 30.2 Å². The summed E-state index contributed by atoms with van der Waals surface area (Å²) in [5.74, 6) is 4.83. The number of rotatable bonds is 1. The number of aromatic nitrogens is 4. The van der Waals surface area contributed by atoms with Gasteiger partial charge in [0.1, 0.15) is 0 Å². The summed E-state index contributed by atoms with van der Waals surface area (Å²) >= 11 is 0. The second kappa shape index (κ2) is 20.0. The van der Waals surface area contributed by atoms with E-state index in [1.807, 2.05) is 0 Å². The molecule has 2 unspecified atom stereocenters. The first-order valence-corrected chi connectivity index (χ1v) is 8.13. The Kier molecular flexibility index (Phi) is 21.6. The minimum atomic E-state index is -3.67. The smallest absolute Gasteiger partial charge is 1.00 e. The van der Waals surface area contributed by atoms with Crippen molar-refractivity contribution in [1.29, 1.82) is 0 Å². The molecule has 12 heteroatoms. The van der Waals surface area contributed by atoms with Gasteiger partial charge in [-0.2, -0.15) is 13.3 Å². The van der Waals surface area contributed by atoms with Gasteiger partial charge in [-0.15, -0.1) is 12.0 Å². The molecule has 4 rings (SSSR count). The number of aromatic amines is 2. The number of hydrogen-bond acceptors (Lipinski definition) is 4. The average molecular weight is 508 g/mol. The van der Waals surface area contributed by atoms with Crippen molar-refractivity contribution in [3.63, 3.8) is 0 Å². The summed E-state index contributed by atoms with van der Waals surface area (Å²) in [6, 6.07) is 0. The van der Waals surface area contributed by atoms with E-state index in [0.29, 0.717) is 0 Å². The van der Waals surface area contributed by atoms with Crippen LogP contribution in [0.25, 0.3) is 11.6 Å². The summed E-state index contributed by atoms with van der Waals surface area (Å²) in [7, 11) is -3.67. The van der Waals surface area contributed by atoms with E-state index in [0.717, 1.165) is 23.5 Å². The maximum Gasteiger partial charge on any atom is 3.00 e. The Morgan fingerprint density at radius 3 is 1.80 bits per heavy atom. The summed E-state index contributed by atoms with van der Waals surface area (Å²) < 4.78 is 29.0. The van der Waals surface area contributed by atoms with E-state index in [1.165, 1.54) is 12.8 Å². The summed E-state index contributed by atoms with van der Waals surface area (Å²) in [6.45, 7) is 8.79. The van der Waals surface area contributed by atoms with Crippen LogP contribution < -0.4 is 4.70 Å². The first-order valence-electron chi connectivity index (χ1n) is 8.13. The van der Waals surface area contributed by atoms with Gasteiger partial charge in [0.25, 0.3) is 0 Å². The normalized spacial score (nSPS) is 17.3. The van der Waals surface area contributed by atoms with Crippen LogP contribution in [0.15, 0.2) is 49.1 Å². The van der Waals surface area contributed by atoms with E-state index >= 15 is 0 Å². The Labute approximate surface area is 187 Å². The molecule has 1 fully saturated rings. The molecule has 0 saturated heterocycles. The second-order valence-corrected chi connectivity index (χ2v) is 5.47. The van der Waals surface area contributed by atoms with E-state index in [-0.39, 0.29) is 25.8 Å². The van der Waals surface area contributed by atoms with Crippen LogP contribution in [-0.2, 0) is 30.7 Å². The van der Waals surface area contributed by atoms with Gasteiger partial charge in [0, 0.05) is 24.8 Å². The van der Waals surface area contributed by atoms with E-state index < -0.39 is 7.54 Å². The fourth-order valence-corrected chi connectivity index (χ4v) is 2.81. The van der Waals surface area contributed by atoms with Crippen LogP contribution in [0.1, 0.15) is 19.8 Å². The molecular weight excluding hydrogens is 487 g/mol. The molecular formula is C18H21BF4MoN4O2-. The summed E-state index contributed by atoms with van der Waals surface area (Å²) in [5, 5.41) is 0. The molecule has 2 aromatic rings. The quantitative estimate of drug-likeness (QED) is 0.259. The number of imidazole rings is 2. The molecule has 0 bridgehead atoms. The predicted molar refractivity (Wildman–Crippen MR) is 102 cm³/mol. The number of halogens is 4. The molecule has 0 amide bonds. The molecule has 2 aliphatic carbocycles. The van der Waals surface area contributed by atoms with Crippen LogP contribution >= 0.6 is 0 Å². The molecule has 1 saturated carbocycles. The number of H-pyrrole nitrogens is 2. The molecule has 2 aliphatic rings. The topological polar surface area (TPSA) is 91.5 Å². The van der Waals surface area contributed by atoms with Gasteiger partial charge in [-0.05, 0) is 5.92 Å². The third-order valence-electron chi connectivity index (χ3n) is 3.91. The maximum atomic E-state index is 9.67. The van der Waals surface area contributed by atoms with Crippen LogP contribution in [0.4, 0.5) is 12.9 Å². The molecule has 2 heterocycles. The summed E-state index contributed by atoms with van der Waals surface area (Å²) in [4.78, 5) is 29.4. The number of carbonyl (C=O) groups excluding carboxylic acids is 2. The number of fused-ring (bicyclic) bond motifs is 1. The van der Waals surface area contributed by atoms with Gasteiger partial charge in [0.15, 0.2) is 11.6 Å². The molecule has 6 nitrogen and oxygen atoms in total. The van der Waals surface area contributed by atoms with Gasteiger partial charge >= 0.3 is 28.6 Å². The van der Waals surface area contributed by atoms with Crippen molar-refractivity contribution in [2.24, 2.45) is 11.8 Å². The van der Waals surface area contributed by atoms with Crippen LogP contribution in [0.2, 0.25) is 0 Å². The summed E-state index contributed by atoms with van der Waals surface area (Å²) in [6.07, 6.45) is 18.7. The fraction of sp³-hybridized carbons (Fsp3) is 0.278. The maximum absolute atomic E-state index is 9.67. The van der Waals surface area contributed by atoms with Gasteiger partial charge in [0.05, 0.1) is 0 Å². The van der Waals surface area contributed by atoms with E-state index in [1.54, 1.807) is 30.7 Å². The first-order chi connectivity index (χ1) is 13.6. The van der Waals surface area contributed by atoms with Crippen molar-refractivity contribution < 1.29 is 48.3 Å². The second-order valence-electron chi connectivity index (χ2n) is 5.47. The molecule has 2 atom stereocenters. The molecule has 2 N–H and O–H groups in total. The number of allylic oxidation sites excluding steroid dienone is 4. The first kappa shape index (κ1) is 32.4. The minimum Gasteiger partial charge on any atom is -1.00 e. The van der Waals surface area contributed by atoms with Gasteiger partial charge in [-0.3, -0.25) is 26.5 Å². The number of nitrogens with one attached hydrogen (secondary N) is 2. The number of hydrogen-bond donors (Lipinski definition) is 2. The van der Waals surface area contributed by atoms with Crippen LogP contribution in [0.3, 0.4) is 0 Å². The summed E-state index contributed by atoms with van der Waals surface area (Å²) in [5.41, 5.74) is 0. The molecule has 163 valence electrons. The predicted octanol–water partition coefficient (Wildman–Crippen LogP) is 0.866. The van der Waals surface area contributed by atoms with Gasteiger partial charge in [-0.1, -0.05) is 24.6 Å².